The Hall–Kier alpha value is -0.770. The minimum Gasteiger partial charge on any atom is -0.399 e. The van der Waals surface area contributed by atoms with Crippen LogP contribution in [0.2, 0.25) is 0 Å². The van der Waals surface area contributed by atoms with Crippen LogP contribution in [0, 0.1) is 0 Å². The molecule has 3 N–H and O–H groups in total. The molecular weight excluding hydrogens is 312 g/mol. The minimum absolute atomic E-state index is 0.119. The molecule has 0 aliphatic carbocycles. The van der Waals surface area contributed by atoms with Gasteiger partial charge in [0, 0.05) is 11.3 Å². The molecule has 0 saturated carbocycles. The van der Waals surface area contributed by atoms with E-state index in [4.69, 9.17) is 15.0 Å². The molecule has 0 heterocycles. The van der Waals surface area contributed by atoms with Gasteiger partial charge < -0.3 is 19.9 Å². The largest absolute Gasteiger partial charge is 0.415 e. The Bertz CT molecular complexity index is 522. The molecule has 1 rings (SSSR count). The van der Waals surface area contributed by atoms with Crippen molar-refractivity contribution in [3.8, 4) is 0 Å². The second kappa shape index (κ2) is 7.48. The topological polar surface area (TPSA) is 98.9 Å². The molecule has 0 aromatic heterocycles. The number of rotatable bonds is 8. The fourth-order valence-electron chi connectivity index (χ4n) is 1.78. The first-order valence-electron chi connectivity index (χ1n) is 6.73. The van der Waals surface area contributed by atoms with E-state index in [9.17, 15) is 14.0 Å². The Morgan fingerprint density at radius 2 is 1.95 bits per heavy atom. The van der Waals surface area contributed by atoms with Crippen LogP contribution in [0.1, 0.15) is 32.8 Å². The first-order chi connectivity index (χ1) is 9.82. The van der Waals surface area contributed by atoms with Gasteiger partial charge in [-0.25, -0.2) is 0 Å². The molecule has 4 unspecified atom stereocenters. The van der Waals surface area contributed by atoms with Crippen molar-refractivity contribution in [2.45, 2.75) is 38.4 Å². The molecule has 0 saturated heterocycles. The maximum Gasteiger partial charge on any atom is 0.415 e. The van der Waals surface area contributed by atoms with Gasteiger partial charge in [0.15, 0.2) is 0 Å². The van der Waals surface area contributed by atoms with Crippen molar-refractivity contribution in [1.29, 1.82) is 0 Å². The van der Waals surface area contributed by atoms with E-state index < -0.39 is 27.2 Å². The van der Waals surface area contributed by atoms with Crippen molar-refractivity contribution in [2.75, 3.05) is 12.3 Å². The Kier molecular flexibility index (Phi) is 6.51. The standard InChI is InChI=1S/C13H21NO5P2/c1-4-10(3)19-21(16,17)13(20-15,18-5-2)11-6-8-12(14)9-7-11/h6-10H,4-5,14H2,1-3H3,(H,16,17)/p+1. The molecule has 0 aliphatic heterocycles. The molecule has 118 valence electrons. The third-order valence-electron chi connectivity index (χ3n) is 3.09. The van der Waals surface area contributed by atoms with E-state index in [-0.39, 0.29) is 6.61 Å². The molecule has 0 bridgehead atoms. The highest BCUT2D eigenvalue weighted by molar-refractivity contribution is 7.63. The van der Waals surface area contributed by atoms with Crippen molar-refractivity contribution in [3.63, 3.8) is 0 Å². The lowest BCUT2D eigenvalue weighted by atomic mass is 10.2. The Morgan fingerprint density at radius 1 is 1.38 bits per heavy atom. The number of hydrogen-bond acceptors (Lipinski definition) is 5. The van der Waals surface area contributed by atoms with Crippen molar-refractivity contribution >= 4 is 21.7 Å². The van der Waals surface area contributed by atoms with E-state index in [0.717, 1.165) is 0 Å². The summed E-state index contributed by atoms with van der Waals surface area (Å²) in [7, 11) is -5.52. The highest BCUT2D eigenvalue weighted by atomic mass is 31.2. The summed E-state index contributed by atoms with van der Waals surface area (Å²) in [4.78, 5) is 10.4. The van der Waals surface area contributed by atoms with Crippen LogP contribution in [0.3, 0.4) is 0 Å². The quantitative estimate of drug-likeness (QED) is 0.558. The highest BCUT2D eigenvalue weighted by Crippen LogP contribution is 2.67. The van der Waals surface area contributed by atoms with E-state index in [1.807, 2.05) is 6.92 Å². The van der Waals surface area contributed by atoms with Crippen LogP contribution in [0.25, 0.3) is 0 Å². The summed E-state index contributed by atoms with van der Waals surface area (Å²) in [5.41, 5.74) is 6.42. The molecule has 0 aliphatic rings. The van der Waals surface area contributed by atoms with Crippen LogP contribution in [0.15, 0.2) is 24.3 Å². The fraction of sp³-hybridized carbons (Fsp3) is 0.538. The van der Waals surface area contributed by atoms with Gasteiger partial charge in [0.2, 0.25) is 0 Å². The van der Waals surface area contributed by atoms with E-state index in [1.54, 1.807) is 26.0 Å². The first kappa shape index (κ1) is 18.3. The average Bonchev–Trinajstić information content (AvgIpc) is 2.45. The predicted octanol–water partition coefficient (Wildman–Crippen LogP) is 3.44. The average molecular weight is 334 g/mol. The summed E-state index contributed by atoms with van der Waals surface area (Å²) in [5.74, 6) is 0. The lowest BCUT2D eigenvalue weighted by Crippen LogP contribution is -2.26. The van der Waals surface area contributed by atoms with Crippen molar-refractivity contribution in [3.05, 3.63) is 29.8 Å². The van der Waals surface area contributed by atoms with E-state index >= 15 is 0 Å². The van der Waals surface area contributed by atoms with Crippen LogP contribution in [0.5, 0.6) is 0 Å². The molecule has 0 radical (unpaired) electrons. The van der Waals surface area contributed by atoms with Crippen LogP contribution < -0.4 is 5.73 Å². The van der Waals surface area contributed by atoms with Gasteiger partial charge in [-0.3, -0.25) is 4.57 Å². The highest BCUT2D eigenvalue weighted by Gasteiger charge is 2.61. The molecule has 4 atom stereocenters. The smallest absolute Gasteiger partial charge is 0.399 e. The Balaban J connectivity index is 3.35. The number of benzene rings is 1. The van der Waals surface area contributed by atoms with Gasteiger partial charge in [0.1, 0.15) is 0 Å². The van der Waals surface area contributed by atoms with Crippen LogP contribution in [-0.2, 0) is 23.5 Å². The van der Waals surface area contributed by atoms with Gasteiger partial charge in [0.05, 0.1) is 12.7 Å². The van der Waals surface area contributed by atoms with Crippen molar-refractivity contribution < 1.29 is 23.3 Å². The number of hydrogen-bond donors (Lipinski definition) is 2. The van der Waals surface area contributed by atoms with Crippen LogP contribution in [0.4, 0.5) is 5.69 Å². The zero-order valence-corrected chi connectivity index (χ0v) is 14.3. The molecular formula is C13H22NO5P2+. The van der Waals surface area contributed by atoms with E-state index in [1.165, 1.54) is 12.1 Å². The van der Waals surface area contributed by atoms with Gasteiger partial charge in [-0.15, -0.1) is 0 Å². The molecule has 1 aromatic rings. The van der Waals surface area contributed by atoms with Crippen LogP contribution >= 0.6 is 16.1 Å². The summed E-state index contributed by atoms with van der Waals surface area (Å²) in [6.07, 6.45) is 0.0991. The second-order valence-electron chi connectivity index (χ2n) is 4.65. The van der Waals surface area contributed by atoms with Crippen LogP contribution in [-0.4, -0.2) is 17.6 Å². The Morgan fingerprint density at radius 3 is 2.38 bits per heavy atom. The van der Waals surface area contributed by atoms with Gasteiger partial charge in [0.25, 0.3) is 0 Å². The van der Waals surface area contributed by atoms with Crippen molar-refractivity contribution in [2.24, 2.45) is 0 Å². The summed E-state index contributed by atoms with van der Waals surface area (Å²) in [6, 6.07) is 6.18. The fourth-order valence-corrected chi connectivity index (χ4v) is 4.44. The van der Waals surface area contributed by atoms with E-state index in [2.05, 4.69) is 0 Å². The van der Waals surface area contributed by atoms with E-state index in [0.29, 0.717) is 17.7 Å². The molecule has 6 nitrogen and oxygen atoms in total. The number of nitrogen functional groups attached to an aromatic ring is 1. The molecule has 1 aromatic carbocycles. The normalized spacial score (nSPS) is 18.9. The molecule has 0 spiro atoms. The maximum atomic E-state index is 12.7. The lowest BCUT2D eigenvalue weighted by molar-refractivity contribution is 0.0492. The van der Waals surface area contributed by atoms with Crippen molar-refractivity contribution in [1.82, 2.24) is 0 Å². The summed E-state index contributed by atoms with van der Waals surface area (Å²) >= 11 is 0. The van der Waals surface area contributed by atoms with Gasteiger partial charge in [-0.05, 0) is 44.5 Å². The molecule has 8 heteroatoms. The van der Waals surface area contributed by atoms with Gasteiger partial charge >= 0.3 is 21.1 Å². The molecule has 21 heavy (non-hydrogen) atoms. The monoisotopic (exact) mass is 334 g/mol. The SMILES string of the molecule is CCOC([PH+]=O)(c1ccc(N)cc1)P(=O)(O)OC(C)CC. The zero-order chi connectivity index (χ0) is 16.1. The third kappa shape index (κ3) is 3.91. The molecule has 0 fully saturated rings. The van der Waals surface area contributed by atoms with Gasteiger partial charge in [-0.2, -0.15) is 0 Å². The second-order valence-corrected chi connectivity index (χ2v) is 7.86. The van der Waals surface area contributed by atoms with Gasteiger partial charge in [-0.1, -0.05) is 11.5 Å². The predicted molar refractivity (Wildman–Crippen MR) is 83.8 cm³/mol. The summed E-state index contributed by atoms with van der Waals surface area (Å²) in [6.45, 7) is 5.29. The number of anilines is 1. The summed E-state index contributed by atoms with van der Waals surface area (Å²) < 4.78 is 35.2. The lowest BCUT2D eigenvalue weighted by Gasteiger charge is -2.27. The summed E-state index contributed by atoms with van der Waals surface area (Å²) in [5, 5.41) is -1.89. The zero-order valence-electron chi connectivity index (χ0n) is 12.4. The molecule has 0 amide bonds. The third-order valence-corrected chi connectivity index (χ3v) is 6.75. The maximum absolute atomic E-state index is 12.7. The first-order valence-corrected chi connectivity index (χ1v) is 9.22. The number of nitrogens with two attached hydrogens (primary N) is 1. The Labute approximate surface area is 126 Å². The number of ether oxygens (including phenoxy) is 1. The minimum atomic E-state index is -4.32.